The molecule has 0 aliphatic rings. The van der Waals surface area contributed by atoms with Crippen LogP contribution in [-0.2, 0) is 11.2 Å². The van der Waals surface area contributed by atoms with Crippen LogP contribution in [0.2, 0.25) is 0 Å². The number of aryl methyl sites for hydroxylation is 1. The first-order valence-electron chi connectivity index (χ1n) is 8.83. The maximum atomic E-state index is 12.2. The minimum Gasteiger partial charge on any atom is -0.493 e. The van der Waals surface area contributed by atoms with Gasteiger partial charge in [-0.3, -0.25) is 9.59 Å². The van der Waals surface area contributed by atoms with Gasteiger partial charge in [0.05, 0.1) is 6.61 Å². The number of nitrogens with zero attached hydrogens (tertiary/aromatic N) is 2. The van der Waals surface area contributed by atoms with Gasteiger partial charge in [0.1, 0.15) is 11.4 Å². The van der Waals surface area contributed by atoms with Crippen LogP contribution in [-0.4, -0.2) is 33.7 Å². The molecule has 2 N–H and O–H groups in total. The lowest BCUT2D eigenvalue weighted by Crippen LogP contribution is -2.31. The average Bonchev–Trinajstić information content (AvgIpc) is 2.58. The minimum atomic E-state index is -0.326. The molecule has 0 unspecified atom stereocenters. The van der Waals surface area contributed by atoms with Crippen LogP contribution in [0.1, 0.15) is 39.8 Å². The summed E-state index contributed by atoms with van der Waals surface area (Å²) in [4.78, 5) is 26.6. The van der Waals surface area contributed by atoms with Gasteiger partial charge in [-0.2, -0.15) is 0 Å². The van der Waals surface area contributed by atoms with E-state index in [2.05, 4.69) is 34.3 Å². The van der Waals surface area contributed by atoms with Gasteiger partial charge in [0.2, 0.25) is 5.91 Å². The molecule has 2 aromatic rings. The van der Waals surface area contributed by atoms with Gasteiger partial charge in [-0.25, -0.2) is 0 Å². The fourth-order valence-corrected chi connectivity index (χ4v) is 2.25. The number of carbonyl (C=O) groups is 1. The summed E-state index contributed by atoms with van der Waals surface area (Å²) in [5, 5.41) is 10.8. The van der Waals surface area contributed by atoms with Crippen molar-refractivity contribution in [1.29, 1.82) is 0 Å². The van der Waals surface area contributed by atoms with Crippen LogP contribution in [0.5, 0.6) is 5.75 Å². The predicted octanol–water partition coefficient (Wildman–Crippen LogP) is 2.32. The first-order chi connectivity index (χ1) is 12.3. The molecule has 7 heteroatoms. The van der Waals surface area contributed by atoms with E-state index in [0.29, 0.717) is 18.3 Å². The normalized spacial score (nSPS) is 11.0. The highest BCUT2D eigenvalue weighted by molar-refractivity contribution is 5.76. The van der Waals surface area contributed by atoms with E-state index < -0.39 is 0 Å². The quantitative estimate of drug-likeness (QED) is 0.755. The van der Waals surface area contributed by atoms with Crippen molar-refractivity contribution < 1.29 is 9.53 Å². The average molecular weight is 358 g/mol. The van der Waals surface area contributed by atoms with E-state index in [1.165, 1.54) is 0 Å². The summed E-state index contributed by atoms with van der Waals surface area (Å²) in [6.07, 6.45) is 0.459. The van der Waals surface area contributed by atoms with Crippen LogP contribution in [0.15, 0.2) is 29.1 Å². The van der Waals surface area contributed by atoms with Crippen molar-refractivity contribution in [2.45, 2.75) is 46.6 Å². The Morgan fingerprint density at radius 1 is 1.15 bits per heavy atom. The summed E-state index contributed by atoms with van der Waals surface area (Å²) in [5.41, 5.74) is 0.674. The Hall–Kier alpha value is -2.70. The van der Waals surface area contributed by atoms with Gasteiger partial charge in [0.15, 0.2) is 5.82 Å². The van der Waals surface area contributed by atoms with E-state index in [0.717, 1.165) is 11.3 Å². The van der Waals surface area contributed by atoms with Crippen molar-refractivity contribution in [2.75, 3.05) is 6.61 Å². The van der Waals surface area contributed by atoms with E-state index in [-0.39, 0.29) is 36.0 Å². The Morgan fingerprint density at radius 2 is 1.85 bits per heavy atom. The van der Waals surface area contributed by atoms with Gasteiger partial charge < -0.3 is 15.0 Å². The van der Waals surface area contributed by atoms with Crippen molar-refractivity contribution in [3.8, 4) is 17.1 Å². The fourth-order valence-electron chi connectivity index (χ4n) is 2.25. The molecule has 1 heterocycles. The Bertz CT molecular complexity index is 782. The molecule has 0 atom stereocenters. The Balaban J connectivity index is 2.02. The van der Waals surface area contributed by atoms with E-state index >= 15 is 0 Å². The third-order valence-electron chi connectivity index (χ3n) is 3.51. The fraction of sp³-hybridized carbons (Fsp3) is 0.474. The van der Waals surface area contributed by atoms with Gasteiger partial charge in [-0.1, -0.05) is 13.8 Å². The second-order valence-corrected chi connectivity index (χ2v) is 6.90. The van der Waals surface area contributed by atoms with E-state index in [9.17, 15) is 9.59 Å². The number of H-pyrrole nitrogens is 1. The summed E-state index contributed by atoms with van der Waals surface area (Å²) < 4.78 is 5.64. The van der Waals surface area contributed by atoms with Crippen LogP contribution < -0.4 is 15.6 Å². The molecule has 0 fully saturated rings. The van der Waals surface area contributed by atoms with Crippen LogP contribution in [0.3, 0.4) is 0 Å². The topological polar surface area (TPSA) is 97.0 Å². The number of hydrogen-bond donors (Lipinski definition) is 2. The van der Waals surface area contributed by atoms with Crippen LogP contribution >= 0.6 is 0 Å². The summed E-state index contributed by atoms with van der Waals surface area (Å²) in [7, 11) is 0. The maximum absolute atomic E-state index is 12.2. The molecule has 0 bridgehead atoms. The summed E-state index contributed by atoms with van der Waals surface area (Å²) in [5.74, 6) is 1.50. The van der Waals surface area contributed by atoms with Crippen LogP contribution in [0.4, 0.5) is 0 Å². The second-order valence-electron chi connectivity index (χ2n) is 6.90. The Kier molecular flexibility index (Phi) is 6.89. The molecule has 26 heavy (non-hydrogen) atoms. The smallest absolute Gasteiger partial charge is 0.273 e. The minimum absolute atomic E-state index is 0.0710. The standard InChI is InChI=1S/C19H26N4O3/c1-12(2)11-26-15-7-5-14(6-8-15)18-21-19(25)16(22-23-18)9-10-17(24)20-13(3)4/h5-8,12-13H,9-11H2,1-4H3,(H,20,24)(H,21,23,25). The zero-order valence-corrected chi connectivity index (χ0v) is 15.7. The first kappa shape index (κ1) is 19.6. The molecule has 0 aliphatic carbocycles. The van der Waals surface area contributed by atoms with Crippen molar-refractivity contribution in [3.05, 3.63) is 40.3 Å². The molecular formula is C19H26N4O3. The number of amides is 1. The number of aromatic amines is 1. The number of ether oxygens (including phenoxy) is 1. The SMILES string of the molecule is CC(C)COc1ccc(-c2nnc(CCC(=O)NC(C)C)c(=O)[nH]2)cc1. The molecule has 0 aliphatic heterocycles. The van der Waals surface area contributed by atoms with Crippen molar-refractivity contribution in [2.24, 2.45) is 5.92 Å². The number of carbonyl (C=O) groups excluding carboxylic acids is 1. The summed E-state index contributed by atoms with van der Waals surface area (Å²) in [6.45, 7) is 8.59. The lowest BCUT2D eigenvalue weighted by Gasteiger charge is -2.09. The number of nitrogens with one attached hydrogen (secondary N) is 2. The molecule has 7 nitrogen and oxygen atoms in total. The van der Waals surface area contributed by atoms with E-state index in [1.54, 1.807) is 0 Å². The van der Waals surface area contributed by atoms with Gasteiger partial charge in [0, 0.05) is 24.4 Å². The summed E-state index contributed by atoms with van der Waals surface area (Å²) >= 11 is 0. The molecule has 1 amide bonds. The molecule has 1 aromatic carbocycles. The second kappa shape index (κ2) is 9.12. The number of rotatable bonds is 8. The number of aromatic nitrogens is 3. The van der Waals surface area contributed by atoms with Gasteiger partial charge in [-0.15, -0.1) is 10.2 Å². The molecular weight excluding hydrogens is 332 g/mol. The lowest BCUT2D eigenvalue weighted by atomic mass is 10.2. The summed E-state index contributed by atoms with van der Waals surface area (Å²) in [6, 6.07) is 7.39. The highest BCUT2D eigenvalue weighted by Crippen LogP contribution is 2.18. The zero-order chi connectivity index (χ0) is 19.1. The Labute approximate surface area is 153 Å². The zero-order valence-electron chi connectivity index (χ0n) is 15.7. The van der Waals surface area contributed by atoms with Gasteiger partial charge in [0.25, 0.3) is 5.56 Å². The molecule has 1 aromatic heterocycles. The molecule has 0 radical (unpaired) electrons. The predicted molar refractivity (Wildman–Crippen MR) is 100 cm³/mol. The van der Waals surface area contributed by atoms with Gasteiger partial charge in [-0.05, 0) is 44.0 Å². The monoisotopic (exact) mass is 358 g/mol. The molecule has 0 saturated carbocycles. The number of hydrogen-bond acceptors (Lipinski definition) is 5. The lowest BCUT2D eigenvalue weighted by molar-refractivity contribution is -0.121. The van der Waals surface area contributed by atoms with E-state index in [1.807, 2.05) is 38.1 Å². The van der Waals surface area contributed by atoms with Crippen molar-refractivity contribution >= 4 is 5.91 Å². The third kappa shape index (κ3) is 5.98. The van der Waals surface area contributed by atoms with E-state index in [4.69, 9.17) is 4.74 Å². The molecule has 0 spiro atoms. The molecule has 140 valence electrons. The largest absolute Gasteiger partial charge is 0.493 e. The maximum Gasteiger partial charge on any atom is 0.273 e. The molecule has 0 saturated heterocycles. The highest BCUT2D eigenvalue weighted by atomic mass is 16.5. The highest BCUT2D eigenvalue weighted by Gasteiger charge is 2.10. The molecule has 2 rings (SSSR count). The van der Waals surface area contributed by atoms with Crippen LogP contribution in [0.25, 0.3) is 11.4 Å². The van der Waals surface area contributed by atoms with Crippen molar-refractivity contribution in [3.63, 3.8) is 0 Å². The van der Waals surface area contributed by atoms with Gasteiger partial charge >= 0.3 is 0 Å². The third-order valence-corrected chi connectivity index (χ3v) is 3.51. The van der Waals surface area contributed by atoms with Crippen molar-refractivity contribution in [1.82, 2.24) is 20.5 Å². The van der Waals surface area contributed by atoms with Crippen LogP contribution in [0, 0.1) is 5.92 Å². The first-order valence-corrected chi connectivity index (χ1v) is 8.83. The number of benzene rings is 1. The Morgan fingerprint density at radius 3 is 2.42 bits per heavy atom.